The summed E-state index contributed by atoms with van der Waals surface area (Å²) >= 11 is 1.78. The first-order valence-corrected chi connectivity index (χ1v) is 9.96. The second kappa shape index (κ2) is 8.33. The number of hydrogen-bond donors (Lipinski definition) is 2. The quantitative estimate of drug-likeness (QED) is 0.710. The molecule has 0 saturated heterocycles. The van der Waals surface area contributed by atoms with Gasteiger partial charge in [-0.05, 0) is 23.4 Å². The SMILES string of the molecule is CCSc1nc2c(n1C)CC[NH+](C[C@@H](O)c1ccc(OC)c(OC)c1)C2. The molecule has 1 aliphatic rings. The molecule has 0 radical (unpaired) electrons. The summed E-state index contributed by atoms with van der Waals surface area (Å²) in [6.45, 7) is 4.67. The molecule has 26 heavy (non-hydrogen) atoms. The zero-order valence-corrected chi connectivity index (χ0v) is 16.7. The molecule has 6 nitrogen and oxygen atoms in total. The van der Waals surface area contributed by atoms with Gasteiger partial charge in [0.25, 0.3) is 0 Å². The van der Waals surface area contributed by atoms with Gasteiger partial charge >= 0.3 is 0 Å². The number of fused-ring (bicyclic) bond motifs is 1. The maximum Gasteiger partial charge on any atom is 0.168 e. The highest BCUT2D eigenvalue weighted by atomic mass is 32.2. The van der Waals surface area contributed by atoms with E-state index in [1.54, 1.807) is 26.0 Å². The van der Waals surface area contributed by atoms with Crippen molar-refractivity contribution in [3.63, 3.8) is 0 Å². The van der Waals surface area contributed by atoms with Crippen LogP contribution in [0, 0.1) is 0 Å². The normalized spacial score (nSPS) is 17.7. The second-order valence-electron chi connectivity index (χ2n) is 6.54. The van der Waals surface area contributed by atoms with Gasteiger partial charge in [0.05, 0.1) is 26.5 Å². The predicted molar refractivity (Wildman–Crippen MR) is 102 cm³/mol. The van der Waals surface area contributed by atoms with E-state index in [4.69, 9.17) is 14.5 Å². The number of quaternary nitrogens is 1. The van der Waals surface area contributed by atoms with Gasteiger partial charge in [-0.1, -0.05) is 24.8 Å². The third-order valence-electron chi connectivity index (χ3n) is 4.94. The molecule has 1 aliphatic heterocycles. The summed E-state index contributed by atoms with van der Waals surface area (Å²) in [5, 5.41) is 11.8. The summed E-state index contributed by atoms with van der Waals surface area (Å²) in [6, 6.07) is 5.60. The topological polar surface area (TPSA) is 61.0 Å². The van der Waals surface area contributed by atoms with Gasteiger partial charge in [-0.2, -0.15) is 0 Å². The number of imidazole rings is 1. The number of rotatable bonds is 7. The van der Waals surface area contributed by atoms with Crippen LogP contribution in [0.1, 0.15) is 30.0 Å². The molecule has 0 aliphatic carbocycles. The lowest BCUT2D eigenvalue weighted by Gasteiger charge is -2.26. The minimum atomic E-state index is -0.542. The van der Waals surface area contributed by atoms with E-state index in [1.165, 1.54) is 16.3 Å². The summed E-state index contributed by atoms with van der Waals surface area (Å²) in [6.07, 6.45) is 0.455. The van der Waals surface area contributed by atoms with Crippen LogP contribution in [0.15, 0.2) is 23.4 Å². The number of hydrogen-bond acceptors (Lipinski definition) is 5. The lowest BCUT2D eigenvalue weighted by molar-refractivity contribution is -0.920. The first kappa shape index (κ1) is 19.1. The number of ether oxygens (including phenoxy) is 2. The molecule has 0 amide bonds. The van der Waals surface area contributed by atoms with Gasteiger partial charge < -0.3 is 24.0 Å². The Labute approximate surface area is 159 Å². The molecule has 0 bridgehead atoms. The molecule has 7 heteroatoms. The summed E-state index contributed by atoms with van der Waals surface area (Å²) < 4.78 is 12.8. The van der Waals surface area contributed by atoms with Gasteiger partial charge in [0.1, 0.15) is 24.9 Å². The van der Waals surface area contributed by atoms with Crippen molar-refractivity contribution in [3.05, 3.63) is 35.2 Å². The standard InChI is InChI=1S/C19H27N3O3S/c1-5-26-19-20-14-11-22(9-8-15(14)21(19)2)12-16(23)13-6-7-17(24-3)18(10-13)25-4/h6-7,10,16,23H,5,8-9,11-12H2,1-4H3/p+1/t16-/m1/s1. The maximum absolute atomic E-state index is 10.7. The van der Waals surface area contributed by atoms with Crippen LogP contribution < -0.4 is 14.4 Å². The monoisotopic (exact) mass is 378 g/mol. The Hall–Kier alpha value is -1.70. The van der Waals surface area contributed by atoms with E-state index >= 15 is 0 Å². The van der Waals surface area contributed by atoms with Crippen molar-refractivity contribution >= 4 is 11.8 Å². The Morgan fingerprint density at radius 1 is 1.31 bits per heavy atom. The molecular weight excluding hydrogens is 350 g/mol. The third kappa shape index (κ3) is 3.84. The Morgan fingerprint density at radius 2 is 2.08 bits per heavy atom. The van der Waals surface area contributed by atoms with Crippen molar-refractivity contribution in [1.82, 2.24) is 9.55 Å². The Morgan fingerprint density at radius 3 is 2.77 bits per heavy atom. The van der Waals surface area contributed by atoms with Crippen LogP contribution in [0.5, 0.6) is 11.5 Å². The van der Waals surface area contributed by atoms with Crippen LogP contribution in [-0.2, 0) is 20.0 Å². The zero-order valence-electron chi connectivity index (χ0n) is 15.9. The molecule has 0 fully saturated rings. The highest BCUT2D eigenvalue weighted by molar-refractivity contribution is 7.99. The van der Waals surface area contributed by atoms with Crippen molar-refractivity contribution in [1.29, 1.82) is 0 Å². The molecule has 0 saturated carbocycles. The Balaban J connectivity index is 1.69. The predicted octanol–water partition coefficient (Wildman–Crippen LogP) is 1.22. The minimum absolute atomic E-state index is 0.542. The van der Waals surface area contributed by atoms with Gasteiger partial charge in [-0.15, -0.1) is 0 Å². The first-order valence-electron chi connectivity index (χ1n) is 8.98. The van der Waals surface area contributed by atoms with Crippen LogP contribution >= 0.6 is 11.8 Å². The van der Waals surface area contributed by atoms with Crippen molar-refractivity contribution in [2.24, 2.45) is 7.05 Å². The summed E-state index contributed by atoms with van der Waals surface area (Å²) in [7, 11) is 5.33. The number of thioether (sulfide) groups is 1. The van der Waals surface area contributed by atoms with Crippen LogP contribution in [0.4, 0.5) is 0 Å². The highest BCUT2D eigenvalue weighted by Crippen LogP contribution is 2.29. The molecule has 3 rings (SSSR count). The Bertz CT molecular complexity index is 763. The minimum Gasteiger partial charge on any atom is -0.493 e. The van der Waals surface area contributed by atoms with Crippen LogP contribution in [0.3, 0.4) is 0 Å². The van der Waals surface area contributed by atoms with Crippen molar-refractivity contribution in [2.45, 2.75) is 31.1 Å². The van der Waals surface area contributed by atoms with E-state index in [0.29, 0.717) is 18.0 Å². The largest absolute Gasteiger partial charge is 0.493 e. The van der Waals surface area contributed by atoms with Crippen LogP contribution in [0.2, 0.25) is 0 Å². The summed E-state index contributed by atoms with van der Waals surface area (Å²) in [5.74, 6) is 2.34. The van der Waals surface area contributed by atoms with Crippen LogP contribution in [0.25, 0.3) is 0 Å². The molecule has 0 spiro atoms. The van der Waals surface area contributed by atoms with E-state index < -0.39 is 6.10 Å². The second-order valence-corrected chi connectivity index (χ2v) is 7.77. The molecule has 1 aromatic carbocycles. The summed E-state index contributed by atoms with van der Waals surface area (Å²) in [4.78, 5) is 6.16. The number of aliphatic hydroxyl groups excluding tert-OH is 1. The third-order valence-corrected chi connectivity index (χ3v) is 5.85. The first-order chi connectivity index (χ1) is 12.6. The fourth-order valence-corrected chi connectivity index (χ4v) is 4.26. The molecule has 2 N–H and O–H groups in total. The van der Waals surface area contributed by atoms with Gasteiger partial charge in [0, 0.05) is 13.5 Å². The summed E-state index contributed by atoms with van der Waals surface area (Å²) in [5.41, 5.74) is 3.36. The zero-order chi connectivity index (χ0) is 18.7. The Kier molecular flexibility index (Phi) is 6.11. The molecule has 142 valence electrons. The van der Waals surface area contributed by atoms with Crippen molar-refractivity contribution in [3.8, 4) is 11.5 Å². The number of nitrogens with one attached hydrogen (secondary N) is 1. The number of benzene rings is 1. The highest BCUT2D eigenvalue weighted by Gasteiger charge is 2.27. The molecule has 1 unspecified atom stereocenters. The fraction of sp³-hybridized carbons (Fsp3) is 0.526. The molecule has 1 aromatic heterocycles. The number of methoxy groups -OCH3 is 2. The lowest BCUT2D eigenvalue weighted by atomic mass is 10.1. The molecular formula is C19H28N3O3S+. The number of aromatic nitrogens is 2. The molecule has 2 aromatic rings. The molecule has 2 atom stereocenters. The van der Waals surface area contributed by atoms with E-state index in [1.807, 2.05) is 18.2 Å². The average Bonchev–Trinajstić information content (AvgIpc) is 2.96. The molecule has 2 heterocycles. The lowest BCUT2D eigenvalue weighted by Crippen LogP contribution is -3.12. The van der Waals surface area contributed by atoms with E-state index in [0.717, 1.165) is 36.0 Å². The number of nitrogens with zero attached hydrogens (tertiary/aromatic N) is 2. The average molecular weight is 379 g/mol. The van der Waals surface area contributed by atoms with Crippen LogP contribution in [-0.4, -0.2) is 47.7 Å². The van der Waals surface area contributed by atoms with Gasteiger partial charge in [0.2, 0.25) is 0 Å². The number of aliphatic hydroxyl groups is 1. The van der Waals surface area contributed by atoms with Gasteiger partial charge in [-0.25, -0.2) is 4.98 Å². The fourth-order valence-electron chi connectivity index (χ4n) is 3.52. The van der Waals surface area contributed by atoms with Crippen molar-refractivity contribution < 1.29 is 19.5 Å². The smallest absolute Gasteiger partial charge is 0.168 e. The van der Waals surface area contributed by atoms with Crippen molar-refractivity contribution in [2.75, 3.05) is 33.1 Å². The maximum atomic E-state index is 10.7. The van der Waals surface area contributed by atoms with Gasteiger partial charge in [-0.3, -0.25) is 0 Å². The van der Waals surface area contributed by atoms with Gasteiger partial charge in [0.15, 0.2) is 16.7 Å². The van der Waals surface area contributed by atoms with E-state index in [9.17, 15) is 5.11 Å². The van der Waals surface area contributed by atoms with E-state index in [-0.39, 0.29) is 0 Å². The van der Waals surface area contributed by atoms with E-state index in [2.05, 4.69) is 18.5 Å².